The number of quaternary nitrogens is 1. The number of amides is 1. The molecule has 0 unspecified atom stereocenters. The molecule has 1 fully saturated rings. The molecule has 3 N–H and O–H groups in total. The van der Waals surface area contributed by atoms with Crippen LogP contribution in [0.4, 0.5) is 5.69 Å². The fraction of sp³-hybridized carbons (Fsp3) is 0.588. The van der Waals surface area contributed by atoms with Crippen LogP contribution in [0, 0.1) is 0 Å². The van der Waals surface area contributed by atoms with Gasteiger partial charge in [0, 0.05) is 18.8 Å². The van der Waals surface area contributed by atoms with Gasteiger partial charge in [0.25, 0.3) is 5.91 Å². The SMILES string of the molecule is CCC(C)(C)[NH2+]CC(=O)Nc1cccc(S(=O)(=O)N2CCOCC2)c1. The van der Waals surface area contributed by atoms with Gasteiger partial charge in [-0.3, -0.25) is 4.79 Å². The van der Waals surface area contributed by atoms with Crippen LogP contribution in [-0.4, -0.2) is 57.0 Å². The van der Waals surface area contributed by atoms with Gasteiger partial charge in [-0.1, -0.05) is 13.0 Å². The molecule has 0 saturated carbocycles. The van der Waals surface area contributed by atoms with Crippen LogP contribution in [0.5, 0.6) is 0 Å². The van der Waals surface area contributed by atoms with Crippen molar-refractivity contribution in [2.45, 2.75) is 37.6 Å². The van der Waals surface area contributed by atoms with E-state index in [-0.39, 0.29) is 16.3 Å². The summed E-state index contributed by atoms with van der Waals surface area (Å²) in [5.41, 5.74) is 0.487. The molecule has 0 aromatic heterocycles. The number of rotatable bonds is 7. The predicted molar refractivity (Wildman–Crippen MR) is 95.8 cm³/mol. The molecule has 0 bridgehead atoms. The van der Waals surface area contributed by atoms with E-state index < -0.39 is 10.0 Å². The Morgan fingerprint density at radius 3 is 2.64 bits per heavy atom. The van der Waals surface area contributed by atoms with Gasteiger partial charge in [-0.25, -0.2) is 8.42 Å². The zero-order chi connectivity index (χ0) is 18.5. The summed E-state index contributed by atoms with van der Waals surface area (Å²) >= 11 is 0. The zero-order valence-corrected chi connectivity index (χ0v) is 15.9. The largest absolute Gasteiger partial charge is 0.379 e. The lowest BCUT2D eigenvalue weighted by Gasteiger charge is -2.26. The third-order valence-corrected chi connectivity index (χ3v) is 6.37. The van der Waals surface area contributed by atoms with Crippen LogP contribution in [0.2, 0.25) is 0 Å². The predicted octanol–water partition coefficient (Wildman–Crippen LogP) is 0.398. The summed E-state index contributed by atoms with van der Waals surface area (Å²) in [6.07, 6.45) is 0.952. The lowest BCUT2D eigenvalue weighted by molar-refractivity contribution is -0.711. The van der Waals surface area contributed by atoms with Crippen LogP contribution in [0.15, 0.2) is 29.2 Å². The molecule has 2 rings (SSSR count). The van der Waals surface area contributed by atoms with Crippen molar-refractivity contribution in [3.05, 3.63) is 24.3 Å². The van der Waals surface area contributed by atoms with Crippen molar-refractivity contribution in [3.63, 3.8) is 0 Å². The van der Waals surface area contributed by atoms with Crippen LogP contribution in [0.1, 0.15) is 27.2 Å². The summed E-state index contributed by atoms with van der Waals surface area (Å²) in [6, 6.07) is 6.39. The van der Waals surface area contributed by atoms with Gasteiger partial charge >= 0.3 is 0 Å². The van der Waals surface area contributed by atoms with E-state index >= 15 is 0 Å². The average molecular weight is 370 g/mol. The first-order valence-electron chi connectivity index (χ1n) is 8.57. The maximum Gasteiger partial charge on any atom is 0.279 e. The van der Waals surface area contributed by atoms with E-state index in [1.54, 1.807) is 18.2 Å². The molecule has 1 aliphatic heterocycles. The Kier molecular flexibility index (Phi) is 6.56. The normalized spacial score (nSPS) is 16.6. The second kappa shape index (κ2) is 8.27. The first-order chi connectivity index (χ1) is 11.7. The van der Waals surface area contributed by atoms with E-state index in [0.717, 1.165) is 6.42 Å². The molecule has 0 radical (unpaired) electrons. The van der Waals surface area contributed by atoms with E-state index in [1.165, 1.54) is 10.4 Å². The van der Waals surface area contributed by atoms with Crippen molar-refractivity contribution in [2.24, 2.45) is 0 Å². The molecule has 1 aliphatic rings. The Morgan fingerprint density at radius 1 is 1.32 bits per heavy atom. The highest BCUT2D eigenvalue weighted by Gasteiger charge is 2.26. The van der Waals surface area contributed by atoms with Crippen molar-refractivity contribution < 1.29 is 23.3 Å². The van der Waals surface area contributed by atoms with Gasteiger partial charge in [-0.2, -0.15) is 4.31 Å². The number of carbonyl (C=O) groups is 1. The second-order valence-electron chi connectivity index (χ2n) is 6.84. The number of morpholine rings is 1. The van der Waals surface area contributed by atoms with Crippen molar-refractivity contribution in [1.29, 1.82) is 0 Å². The van der Waals surface area contributed by atoms with Crippen LogP contribution in [0.25, 0.3) is 0 Å². The zero-order valence-electron chi connectivity index (χ0n) is 15.1. The van der Waals surface area contributed by atoms with Gasteiger partial charge in [0.15, 0.2) is 6.54 Å². The molecule has 0 spiro atoms. The number of nitrogens with zero attached hydrogens (tertiary/aromatic N) is 1. The van der Waals surface area contributed by atoms with E-state index in [1.807, 2.05) is 5.32 Å². The van der Waals surface area contributed by atoms with Crippen molar-refractivity contribution in [3.8, 4) is 0 Å². The average Bonchev–Trinajstić information content (AvgIpc) is 2.61. The smallest absolute Gasteiger partial charge is 0.279 e. The number of benzene rings is 1. The van der Waals surface area contributed by atoms with Crippen molar-refractivity contribution >= 4 is 21.6 Å². The van der Waals surface area contributed by atoms with Crippen LogP contribution < -0.4 is 10.6 Å². The van der Waals surface area contributed by atoms with E-state index in [9.17, 15) is 13.2 Å². The fourth-order valence-electron chi connectivity index (χ4n) is 2.40. The highest BCUT2D eigenvalue weighted by molar-refractivity contribution is 7.89. The molecule has 0 aliphatic carbocycles. The van der Waals surface area contributed by atoms with Gasteiger partial charge in [0.1, 0.15) is 0 Å². The Morgan fingerprint density at radius 2 is 2.00 bits per heavy atom. The summed E-state index contributed by atoms with van der Waals surface area (Å²) in [5.74, 6) is -0.151. The minimum Gasteiger partial charge on any atom is -0.379 e. The Hall–Kier alpha value is -1.48. The minimum absolute atomic E-state index is 0.00113. The van der Waals surface area contributed by atoms with Gasteiger partial charge in [-0.05, 0) is 38.5 Å². The molecule has 1 amide bonds. The summed E-state index contributed by atoms with van der Waals surface area (Å²) in [4.78, 5) is 12.3. The molecule has 25 heavy (non-hydrogen) atoms. The third-order valence-electron chi connectivity index (χ3n) is 4.48. The number of hydrogen-bond donors (Lipinski definition) is 2. The number of anilines is 1. The topological polar surface area (TPSA) is 92.3 Å². The number of sulfonamides is 1. The molecule has 8 heteroatoms. The maximum atomic E-state index is 12.7. The summed E-state index contributed by atoms with van der Waals surface area (Å²) in [7, 11) is -3.57. The van der Waals surface area contributed by atoms with E-state index in [4.69, 9.17) is 4.74 Å². The van der Waals surface area contributed by atoms with Crippen molar-refractivity contribution in [2.75, 3.05) is 38.2 Å². The van der Waals surface area contributed by atoms with Crippen LogP contribution in [0.3, 0.4) is 0 Å². The number of nitrogens with two attached hydrogens (primary N) is 1. The van der Waals surface area contributed by atoms with Crippen molar-refractivity contribution in [1.82, 2.24) is 4.31 Å². The number of hydrogen-bond acceptors (Lipinski definition) is 4. The monoisotopic (exact) mass is 370 g/mol. The Labute approximate surface area is 149 Å². The quantitative estimate of drug-likeness (QED) is 0.727. The minimum atomic E-state index is -3.57. The van der Waals surface area contributed by atoms with E-state index in [2.05, 4.69) is 26.1 Å². The Balaban J connectivity index is 2.04. The molecular weight excluding hydrogens is 342 g/mol. The first kappa shape index (κ1) is 19.8. The standard InChI is InChI=1S/C17H27N3O4S/c1-4-17(2,3)18-13-16(21)19-14-6-5-7-15(12-14)25(22,23)20-8-10-24-11-9-20/h5-7,12,18H,4,8-11,13H2,1-3H3,(H,19,21)/p+1. The van der Waals surface area contributed by atoms with Gasteiger partial charge in [-0.15, -0.1) is 0 Å². The highest BCUT2D eigenvalue weighted by Crippen LogP contribution is 2.20. The summed E-state index contributed by atoms with van der Waals surface area (Å²) < 4.78 is 32.0. The third kappa shape index (κ3) is 5.50. The number of carbonyl (C=O) groups excluding carboxylic acids is 1. The van der Waals surface area contributed by atoms with Gasteiger partial charge in [0.2, 0.25) is 10.0 Å². The molecule has 0 atom stereocenters. The molecule has 140 valence electrons. The molecule has 1 aromatic rings. The van der Waals surface area contributed by atoms with Gasteiger partial charge < -0.3 is 15.4 Å². The number of ether oxygens (including phenoxy) is 1. The maximum absolute atomic E-state index is 12.7. The fourth-order valence-corrected chi connectivity index (χ4v) is 3.85. The molecule has 1 aromatic carbocycles. The Bertz CT molecular complexity index is 698. The highest BCUT2D eigenvalue weighted by atomic mass is 32.2. The van der Waals surface area contributed by atoms with Crippen LogP contribution >= 0.6 is 0 Å². The lowest BCUT2D eigenvalue weighted by Crippen LogP contribution is -2.96. The van der Waals surface area contributed by atoms with E-state index in [0.29, 0.717) is 38.5 Å². The molecule has 1 heterocycles. The first-order valence-corrected chi connectivity index (χ1v) is 10.0. The van der Waals surface area contributed by atoms with Gasteiger partial charge in [0.05, 0.1) is 23.6 Å². The van der Waals surface area contributed by atoms with Crippen LogP contribution in [-0.2, 0) is 19.6 Å². The molecule has 1 saturated heterocycles. The second-order valence-corrected chi connectivity index (χ2v) is 8.78. The summed E-state index contributed by atoms with van der Waals surface area (Å²) in [5, 5.41) is 4.76. The molecular formula is C17H28N3O4S+. The summed E-state index contributed by atoms with van der Waals surface area (Å²) in [6.45, 7) is 8.03. The number of nitrogens with one attached hydrogen (secondary N) is 1. The molecule has 7 nitrogen and oxygen atoms in total. The lowest BCUT2D eigenvalue weighted by atomic mass is 10.0.